The van der Waals surface area contributed by atoms with Crippen LogP contribution in [0.4, 0.5) is 5.69 Å². The number of halogens is 1. The fourth-order valence-corrected chi connectivity index (χ4v) is 4.20. The molecule has 0 fully saturated rings. The van der Waals surface area contributed by atoms with Crippen molar-refractivity contribution in [1.82, 2.24) is 10.3 Å². The lowest BCUT2D eigenvalue weighted by Crippen LogP contribution is -2.27. The van der Waals surface area contributed by atoms with Crippen LogP contribution in [0.1, 0.15) is 34.2 Å². The second kappa shape index (κ2) is 8.76. The van der Waals surface area contributed by atoms with E-state index in [-0.39, 0.29) is 62.6 Å². The molecule has 1 N–H and O–H groups in total. The Morgan fingerprint density at radius 1 is 1.23 bits per heavy atom. The second-order valence-electron chi connectivity index (χ2n) is 6.39. The monoisotopic (exact) mass is 445 g/mol. The minimum atomic E-state index is -0.563. The predicted octanol–water partition coefficient (Wildman–Crippen LogP) is 3.83. The molecule has 0 bridgehead atoms. The number of carbonyl (C=O) groups is 3. The Kier molecular flexibility index (Phi) is 6.33. The first-order chi connectivity index (χ1) is 14.3. The predicted molar refractivity (Wildman–Crippen MR) is 114 cm³/mol. The molecule has 0 spiro atoms. The van der Waals surface area contributed by atoms with Gasteiger partial charge in [0.15, 0.2) is 5.78 Å². The minimum Gasteiger partial charge on any atom is -0.356 e. The fourth-order valence-electron chi connectivity index (χ4n) is 3.29. The number of rotatable bonds is 6. The molecule has 1 aromatic carbocycles. The number of para-hydroxylation sites is 1. The molecule has 1 aliphatic rings. The van der Waals surface area contributed by atoms with Crippen molar-refractivity contribution in [3.05, 3.63) is 67.3 Å². The summed E-state index contributed by atoms with van der Waals surface area (Å²) in [5.74, 6) is -1.20. The Hall–Kier alpha value is -3.04. The van der Waals surface area contributed by atoms with Gasteiger partial charge in [0.2, 0.25) is 11.7 Å². The van der Waals surface area contributed by atoms with Gasteiger partial charge in [-0.1, -0.05) is 23.7 Å². The fraction of sp³-hybridized carbons (Fsp3) is 0.200. The molecule has 8 nitrogen and oxygen atoms in total. The van der Waals surface area contributed by atoms with Crippen LogP contribution >= 0.6 is 23.4 Å². The molecule has 0 saturated heterocycles. The number of ketones is 2. The number of aromatic nitrogens is 1. The van der Waals surface area contributed by atoms with Crippen molar-refractivity contribution in [3.8, 4) is 11.1 Å². The Labute approximate surface area is 180 Å². The van der Waals surface area contributed by atoms with Crippen LogP contribution in [0.15, 0.2) is 40.8 Å². The van der Waals surface area contributed by atoms with Gasteiger partial charge in [0.05, 0.1) is 21.0 Å². The van der Waals surface area contributed by atoms with Crippen LogP contribution in [0.5, 0.6) is 0 Å². The molecule has 30 heavy (non-hydrogen) atoms. The summed E-state index contributed by atoms with van der Waals surface area (Å²) in [6.07, 6.45) is 1.80. The van der Waals surface area contributed by atoms with Gasteiger partial charge in [-0.3, -0.25) is 24.5 Å². The maximum atomic E-state index is 13.4. The van der Waals surface area contributed by atoms with Crippen molar-refractivity contribution < 1.29 is 19.3 Å². The van der Waals surface area contributed by atoms with E-state index in [9.17, 15) is 24.5 Å². The number of nitrogens with zero attached hydrogens (tertiary/aromatic N) is 2. The van der Waals surface area contributed by atoms with Crippen molar-refractivity contribution in [2.24, 2.45) is 0 Å². The standard InChI is InChI=1S/C20H16ClN3O5S/c1-10(25)22-8-7-12-18(26)16-13(11-5-3-4-6-14(11)24(28)29)9-15(21)23-17(16)19(27)20(12)30-2/h3-6,9H,7-8H2,1-2H3,(H,22,25). The summed E-state index contributed by atoms with van der Waals surface area (Å²) >= 11 is 7.22. The number of fused-ring (bicyclic) bond motifs is 1. The van der Waals surface area contributed by atoms with E-state index in [1.165, 1.54) is 31.2 Å². The number of carbonyl (C=O) groups excluding carboxylic acids is 3. The van der Waals surface area contributed by atoms with Crippen molar-refractivity contribution in [3.63, 3.8) is 0 Å². The van der Waals surface area contributed by atoms with Crippen LogP contribution in [0.3, 0.4) is 0 Å². The van der Waals surface area contributed by atoms with E-state index in [4.69, 9.17) is 11.6 Å². The number of amides is 1. The summed E-state index contributed by atoms with van der Waals surface area (Å²) in [7, 11) is 0. The largest absolute Gasteiger partial charge is 0.356 e. The second-order valence-corrected chi connectivity index (χ2v) is 7.60. The molecular weight excluding hydrogens is 430 g/mol. The maximum absolute atomic E-state index is 13.4. The smallest absolute Gasteiger partial charge is 0.277 e. The molecule has 3 rings (SSSR count). The molecule has 0 atom stereocenters. The zero-order valence-electron chi connectivity index (χ0n) is 16.0. The Bertz CT molecular complexity index is 1130. The van der Waals surface area contributed by atoms with Crippen molar-refractivity contribution >= 4 is 46.5 Å². The van der Waals surface area contributed by atoms with Gasteiger partial charge in [-0.05, 0) is 24.8 Å². The van der Waals surface area contributed by atoms with Gasteiger partial charge in [-0.15, -0.1) is 11.8 Å². The number of hydrogen-bond acceptors (Lipinski definition) is 7. The van der Waals surface area contributed by atoms with Crippen molar-refractivity contribution in [1.29, 1.82) is 0 Å². The Morgan fingerprint density at radius 3 is 2.57 bits per heavy atom. The summed E-state index contributed by atoms with van der Waals surface area (Å²) in [5.41, 5.74) is 0.202. The first-order valence-electron chi connectivity index (χ1n) is 8.81. The zero-order chi connectivity index (χ0) is 22.0. The number of hydrogen-bond donors (Lipinski definition) is 1. The Balaban J connectivity index is 2.22. The minimum absolute atomic E-state index is 0.0191. The maximum Gasteiger partial charge on any atom is 0.277 e. The molecular formula is C20H16ClN3O5S. The number of pyridine rings is 1. The quantitative estimate of drug-likeness (QED) is 0.407. The van der Waals surface area contributed by atoms with E-state index in [1.54, 1.807) is 12.3 Å². The van der Waals surface area contributed by atoms with E-state index < -0.39 is 16.5 Å². The molecule has 0 saturated carbocycles. The molecule has 154 valence electrons. The van der Waals surface area contributed by atoms with E-state index in [0.717, 1.165) is 11.8 Å². The van der Waals surface area contributed by atoms with E-state index in [0.29, 0.717) is 0 Å². The van der Waals surface area contributed by atoms with Crippen molar-refractivity contribution in [2.45, 2.75) is 13.3 Å². The summed E-state index contributed by atoms with van der Waals surface area (Å²) < 4.78 is 0. The molecule has 1 aromatic heterocycles. The van der Waals surface area contributed by atoms with Crippen LogP contribution in [-0.4, -0.2) is 40.2 Å². The van der Waals surface area contributed by atoms with E-state index in [1.807, 2.05) is 0 Å². The van der Waals surface area contributed by atoms with Crippen LogP contribution in [0.25, 0.3) is 11.1 Å². The van der Waals surface area contributed by atoms with Gasteiger partial charge in [0.1, 0.15) is 10.8 Å². The number of nitro benzene ring substituents is 1. The molecule has 2 aromatic rings. The van der Waals surface area contributed by atoms with Crippen LogP contribution in [0, 0.1) is 10.1 Å². The van der Waals surface area contributed by atoms with Crippen LogP contribution in [0.2, 0.25) is 5.15 Å². The summed E-state index contributed by atoms with van der Waals surface area (Å²) in [4.78, 5) is 52.9. The first kappa shape index (κ1) is 21.7. The summed E-state index contributed by atoms with van der Waals surface area (Å²) in [6, 6.07) is 7.26. The Morgan fingerprint density at radius 2 is 1.93 bits per heavy atom. The number of thioether (sulfide) groups is 1. The molecule has 10 heteroatoms. The molecule has 0 aliphatic heterocycles. The van der Waals surface area contributed by atoms with E-state index >= 15 is 0 Å². The molecule has 0 unspecified atom stereocenters. The molecule has 1 aliphatic carbocycles. The number of nitrogens with one attached hydrogen (secondary N) is 1. The third kappa shape index (κ3) is 3.99. The van der Waals surface area contributed by atoms with Gasteiger partial charge in [-0.2, -0.15) is 0 Å². The van der Waals surface area contributed by atoms with Gasteiger partial charge in [-0.25, -0.2) is 4.98 Å². The average Bonchev–Trinajstić information content (AvgIpc) is 2.70. The third-order valence-corrected chi connectivity index (χ3v) is 5.56. The van der Waals surface area contributed by atoms with Crippen molar-refractivity contribution in [2.75, 3.05) is 12.8 Å². The first-order valence-corrected chi connectivity index (χ1v) is 10.4. The summed E-state index contributed by atoms with van der Waals surface area (Å²) in [5, 5.41) is 14.1. The van der Waals surface area contributed by atoms with E-state index in [2.05, 4.69) is 10.3 Å². The normalized spacial score (nSPS) is 13.3. The van der Waals surface area contributed by atoms with Gasteiger partial charge in [0, 0.05) is 30.7 Å². The highest BCUT2D eigenvalue weighted by atomic mass is 35.5. The molecule has 0 radical (unpaired) electrons. The molecule has 1 amide bonds. The number of nitro groups is 1. The topological polar surface area (TPSA) is 119 Å². The highest BCUT2D eigenvalue weighted by molar-refractivity contribution is 8.03. The van der Waals surface area contributed by atoms with Crippen LogP contribution in [-0.2, 0) is 4.79 Å². The number of allylic oxidation sites excluding steroid dienone is 1. The van der Waals surface area contributed by atoms with Gasteiger partial charge < -0.3 is 5.32 Å². The summed E-state index contributed by atoms with van der Waals surface area (Å²) in [6.45, 7) is 1.52. The zero-order valence-corrected chi connectivity index (χ0v) is 17.6. The average molecular weight is 446 g/mol. The lowest BCUT2D eigenvalue weighted by atomic mass is 9.85. The highest BCUT2D eigenvalue weighted by Gasteiger charge is 2.36. The third-order valence-electron chi connectivity index (χ3n) is 4.53. The van der Waals surface area contributed by atoms with Crippen LogP contribution < -0.4 is 5.32 Å². The lowest BCUT2D eigenvalue weighted by Gasteiger charge is -2.22. The lowest BCUT2D eigenvalue weighted by molar-refractivity contribution is -0.384. The molecule has 1 heterocycles. The van der Waals surface area contributed by atoms with Gasteiger partial charge in [0.25, 0.3) is 5.69 Å². The number of Topliss-reactive ketones (excluding diaryl/α,β-unsaturated/α-hetero) is 2. The number of benzene rings is 1. The highest BCUT2D eigenvalue weighted by Crippen LogP contribution is 2.40. The SMILES string of the molecule is CSC1=C(CCNC(C)=O)C(=O)c2c(-c3ccccc3[N+](=O)[O-])cc(Cl)nc2C1=O. The van der Waals surface area contributed by atoms with Gasteiger partial charge >= 0.3 is 0 Å².